The van der Waals surface area contributed by atoms with Gasteiger partial charge in [-0.1, -0.05) is 11.3 Å². The Morgan fingerprint density at radius 2 is 2.03 bits per heavy atom. The molecule has 0 saturated carbocycles. The molecule has 2 aromatic heterocycles. The van der Waals surface area contributed by atoms with Crippen LogP contribution < -0.4 is 15.4 Å². The van der Waals surface area contributed by atoms with E-state index in [9.17, 15) is 9.18 Å². The standard InChI is InChI=1S/C20H21FN6O2.2ClH/c21-17-11-14(4-5-19(17)29-13-15-3-1-2-8-23-15)24-20(28)18-12-27(26-25-18)16-6-9-22-10-7-16;;/h1-5,8,11-12,16,22H,6-7,9-10,13H2,(H,24,28);2*1H. The third kappa shape index (κ3) is 6.36. The van der Waals surface area contributed by atoms with Crippen molar-refractivity contribution in [2.45, 2.75) is 25.5 Å². The number of nitrogens with zero attached hydrogens (tertiary/aromatic N) is 4. The van der Waals surface area contributed by atoms with Crippen molar-refractivity contribution < 1.29 is 13.9 Å². The Bertz CT molecular complexity index is 983. The van der Waals surface area contributed by atoms with Gasteiger partial charge < -0.3 is 15.4 Å². The summed E-state index contributed by atoms with van der Waals surface area (Å²) < 4.78 is 21.5. The second-order valence-corrected chi connectivity index (χ2v) is 6.77. The van der Waals surface area contributed by atoms with Crippen LogP contribution in [0.2, 0.25) is 0 Å². The van der Waals surface area contributed by atoms with Gasteiger partial charge in [0.2, 0.25) is 0 Å². The van der Waals surface area contributed by atoms with Crippen molar-refractivity contribution in [3.63, 3.8) is 0 Å². The zero-order valence-electron chi connectivity index (χ0n) is 16.5. The Kier molecular flexibility index (Phi) is 9.17. The van der Waals surface area contributed by atoms with Gasteiger partial charge in [-0.15, -0.1) is 29.9 Å². The first kappa shape index (κ1) is 24.5. The van der Waals surface area contributed by atoms with Crippen molar-refractivity contribution in [3.05, 3.63) is 66.0 Å². The molecule has 1 aromatic carbocycles. The number of halogens is 3. The number of nitrogens with one attached hydrogen (secondary N) is 2. The van der Waals surface area contributed by atoms with Crippen molar-refractivity contribution in [2.75, 3.05) is 18.4 Å². The van der Waals surface area contributed by atoms with Gasteiger partial charge in [0.25, 0.3) is 5.91 Å². The summed E-state index contributed by atoms with van der Waals surface area (Å²) in [5.74, 6) is -0.922. The minimum Gasteiger partial charge on any atom is -0.484 e. The third-order valence-electron chi connectivity index (χ3n) is 4.72. The maximum atomic E-state index is 14.3. The average molecular weight is 469 g/mol. The van der Waals surface area contributed by atoms with E-state index in [1.165, 1.54) is 12.1 Å². The van der Waals surface area contributed by atoms with E-state index in [0.29, 0.717) is 11.4 Å². The molecule has 0 unspecified atom stereocenters. The lowest BCUT2D eigenvalue weighted by molar-refractivity contribution is 0.102. The summed E-state index contributed by atoms with van der Waals surface area (Å²) in [5.41, 5.74) is 1.20. The van der Waals surface area contributed by atoms with Crippen LogP contribution in [0, 0.1) is 5.82 Å². The Labute approximate surface area is 191 Å². The molecular formula is C20H23Cl2FN6O2. The monoisotopic (exact) mass is 468 g/mol. The molecule has 1 fully saturated rings. The second kappa shape index (κ2) is 11.6. The second-order valence-electron chi connectivity index (χ2n) is 6.77. The fourth-order valence-electron chi connectivity index (χ4n) is 3.16. The topological polar surface area (TPSA) is 94.0 Å². The van der Waals surface area contributed by atoms with Crippen LogP contribution in [0.3, 0.4) is 0 Å². The van der Waals surface area contributed by atoms with Crippen LogP contribution in [0.4, 0.5) is 10.1 Å². The molecule has 0 spiro atoms. The summed E-state index contributed by atoms with van der Waals surface area (Å²) in [6.45, 7) is 1.99. The largest absolute Gasteiger partial charge is 0.484 e. The number of carbonyl (C=O) groups excluding carboxylic acids is 1. The number of pyridine rings is 1. The lowest BCUT2D eigenvalue weighted by Gasteiger charge is -2.22. The van der Waals surface area contributed by atoms with Crippen molar-refractivity contribution in [2.24, 2.45) is 0 Å². The Hall–Kier alpha value is -2.75. The zero-order chi connectivity index (χ0) is 20.1. The van der Waals surface area contributed by atoms with E-state index in [0.717, 1.165) is 25.9 Å². The summed E-state index contributed by atoms with van der Waals surface area (Å²) >= 11 is 0. The predicted octanol–water partition coefficient (Wildman–Crippen LogP) is 3.41. The number of ether oxygens (including phenoxy) is 1. The highest BCUT2D eigenvalue weighted by Gasteiger charge is 2.19. The van der Waals surface area contributed by atoms with Gasteiger partial charge in [0.05, 0.1) is 17.9 Å². The maximum Gasteiger partial charge on any atom is 0.277 e. The van der Waals surface area contributed by atoms with E-state index in [1.54, 1.807) is 35.3 Å². The number of anilines is 1. The number of aromatic nitrogens is 4. The lowest BCUT2D eigenvalue weighted by atomic mass is 10.1. The van der Waals surface area contributed by atoms with Gasteiger partial charge in [-0.3, -0.25) is 9.78 Å². The number of carbonyl (C=O) groups is 1. The smallest absolute Gasteiger partial charge is 0.277 e. The number of hydrogen-bond acceptors (Lipinski definition) is 6. The highest BCUT2D eigenvalue weighted by molar-refractivity contribution is 6.02. The van der Waals surface area contributed by atoms with Crippen LogP contribution >= 0.6 is 24.8 Å². The van der Waals surface area contributed by atoms with Crippen LogP contribution in [-0.4, -0.2) is 39.0 Å². The average Bonchev–Trinajstić information content (AvgIpc) is 3.25. The van der Waals surface area contributed by atoms with Crippen LogP contribution in [0.5, 0.6) is 5.75 Å². The number of hydrogen-bond donors (Lipinski definition) is 2. The summed E-state index contributed by atoms with van der Waals surface area (Å²) in [4.78, 5) is 16.5. The molecule has 0 bridgehead atoms. The van der Waals surface area contributed by atoms with Crippen molar-refractivity contribution in [1.29, 1.82) is 0 Å². The third-order valence-corrected chi connectivity index (χ3v) is 4.72. The van der Waals surface area contributed by atoms with Gasteiger partial charge in [0.15, 0.2) is 17.3 Å². The summed E-state index contributed by atoms with van der Waals surface area (Å²) in [7, 11) is 0. The lowest BCUT2D eigenvalue weighted by Crippen LogP contribution is -2.29. The quantitative estimate of drug-likeness (QED) is 0.575. The highest BCUT2D eigenvalue weighted by Crippen LogP contribution is 2.23. The number of benzene rings is 1. The molecule has 1 amide bonds. The number of amides is 1. The van der Waals surface area contributed by atoms with Gasteiger partial charge in [-0.25, -0.2) is 9.07 Å². The molecule has 166 valence electrons. The Balaban J connectivity index is 0.00000171. The summed E-state index contributed by atoms with van der Waals surface area (Å²) in [5, 5.41) is 13.9. The molecule has 3 aromatic rings. The van der Waals surface area contributed by atoms with E-state index in [-0.39, 0.29) is 48.9 Å². The van der Waals surface area contributed by atoms with Crippen molar-refractivity contribution >= 4 is 36.4 Å². The van der Waals surface area contributed by atoms with Crippen molar-refractivity contribution in [1.82, 2.24) is 25.3 Å². The normalized spacial score (nSPS) is 13.6. The maximum absolute atomic E-state index is 14.3. The fourth-order valence-corrected chi connectivity index (χ4v) is 3.16. The molecule has 2 N–H and O–H groups in total. The molecule has 1 aliphatic heterocycles. The van der Waals surface area contributed by atoms with Gasteiger partial charge >= 0.3 is 0 Å². The van der Waals surface area contributed by atoms with Crippen LogP contribution in [0.1, 0.15) is 35.1 Å². The highest BCUT2D eigenvalue weighted by atomic mass is 35.5. The minimum atomic E-state index is -0.572. The first-order chi connectivity index (χ1) is 14.2. The number of piperidine rings is 1. The fraction of sp³-hybridized carbons (Fsp3) is 0.300. The molecule has 3 heterocycles. The van der Waals surface area contributed by atoms with Crippen LogP contribution in [0.25, 0.3) is 0 Å². The molecule has 11 heteroatoms. The van der Waals surface area contributed by atoms with E-state index in [2.05, 4.69) is 25.9 Å². The van der Waals surface area contributed by atoms with Gasteiger partial charge in [-0.05, 0) is 50.2 Å². The van der Waals surface area contributed by atoms with Gasteiger partial charge in [0.1, 0.15) is 6.61 Å². The van der Waals surface area contributed by atoms with Crippen LogP contribution in [-0.2, 0) is 6.61 Å². The summed E-state index contributed by atoms with van der Waals surface area (Å²) in [6.07, 6.45) is 5.16. The number of rotatable bonds is 6. The van der Waals surface area contributed by atoms with E-state index in [4.69, 9.17) is 4.74 Å². The van der Waals surface area contributed by atoms with Crippen LogP contribution in [0.15, 0.2) is 48.8 Å². The molecule has 0 aliphatic carbocycles. The van der Waals surface area contributed by atoms with Gasteiger partial charge in [-0.2, -0.15) is 0 Å². The molecule has 1 saturated heterocycles. The van der Waals surface area contributed by atoms with E-state index >= 15 is 0 Å². The minimum absolute atomic E-state index is 0. The SMILES string of the molecule is Cl.Cl.O=C(Nc1ccc(OCc2ccccn2)c(F)c1)c1cn(C2CCNCC2)nn1. The molecular weight excluding hydrogens is 446 g/mol. The Morgan fingerprint density at radius 3 is 2.74 bits per heavy atom. The Morgan fingerprint density at radius 1 is 1.23 bits per heavy atom. The molecule has 0 radical (unpaired) electrons. The zero-order valence-corrected chi connectivity index (χ0v) is 18.2. The molecule has 4 rings (SSSR count). The first-order valence-corrected chi connectivity index (χ1v) is 9.45. The predicted molar refractivity (Wildman–Crippen MR) is 119 cm³/mol. The summed E-state index contributed by atoms with van der Waals surface area (Å²) in [6, 6.07) is 9.92. The molecule has 0 atom stereocenters. The van der Waals surface area contributed by atoms with E-state index in [1.807, 2.05) is 6.07 Å². The van der Waals surface area contributed by atoms with Crippen molar-refractivity contribution in [3.8, 4) is 5.75 Å². The first-order valence-electron chi connectivity index (χ1n) is 9.45. The van der Waals surface area contributed by atoms with Gasteiger partial charge in [0, 0.05) is 18.0 Å². The van der Waals surface area contributed by atoms with E-state index < -0.39 is 11.7 Å². The molecule has 8 nitrogen and oxygen atoms in total. The molecule has 31 heavy (non-hydrogen) atoms. The molecule has 1 aliphatic rings.